The Morgan fingerprint density at radius 1 is 1.11 bits per heavy atom. The van der Waals surface area contributed by atoms with Gasteiger partial charge in [-0.25, -0.2) is 4.68 Å². The number of hydrogen-bond acceptors (Lipinski definition) is 7. The number of carbonyl (C=O) groups is 2. The number of anilines is 1. The number of nitrogens with one attached hydrogen (secondary N) is 1. The molecule has 1 aliphatic carbocycles. The van der Waals surface area contributed by atoms with Gasteiger partial charge in [-0.15, -0.1) is 5.10 Å². The molecule has 38 heavy (non-hydrogen) atoms. The van der Waals surface area contributed by atoms with E-state index in [4.69, 9.17) is 9.15 Å². The molecule has 0 unspecified atom stereocenters. The number of tetrazole rings is 1. The first-order valence-electron chi connectivity index (χ1n) is 12.7. The minimum absolute atomic E-state index is 0.0708. The maximum Gasteiger partial charge on any atom is 0.294 e. The molecule has 0 aliphatic heterocycles. The third-order valence-electron chi connectivity index (χ3n) is 6.89. The summed E-state index contributed by atoms with van der Waals surface area (Å²) in [4.78, 5) is 29.4. The van der Waals surface area contributed by atoms with E-state index in [-0.39, 0.29) is 17.7 Å². The SMILES string of the molecule is COc1ccc([C@H](C(=O)NC2CCCCC2)N(C(=O)c2ccco2)c2ccc(-n3cnnn3)c(C)c2)cc1. The van der Waals surface area contributed by atoms with Gasteiger partial charge in [0.25, 0.3) is 5.91 Å². The van der Waals surface area contributed by atoms with E-state index in [0.717, 1.165) is 36.9 Å². The van der Waals surface area contributed by atoms with Crippen molar-refractivity contribution in [3.05, 3.63) is 84.1 Å². The summed E-state index contributed by atoms with van der Waals surface area (Å²) in [6, 6.07) is 15.0. The van der Waals surface area contributed by atoms with Crippen molar-refractivity contribution in [1.29, 1.82) is 0 Å². The molecule has 1 fully saturated rings. The van der Waals surface area contributed by atoms with Crippen LogP contribution in [-0.4, -0.2) is 45.2 Å². The lowest BCUT2D eigenvalue weighted by Crippen LogP contribution is -2.47. The Bertz CT molecular complexity index is 1360. The van der Waals surface area contributed by atoms with E-state index >= 15 is 0 Å². The first-order chi connectivity index (χ1) is 18.5. The molecule has 0 saturated heterocycles. The lowest BCUT2D eigenvalue weighted by molar-refractivity contribution is -0.123. The quantitative estimate of drug-likeness (QED) is 0.370. The Hall–Kier alpha value is -4.47. The third-order valence-corrected chi connectivity index (χ3v) is 6.89. The van der Waals surface area contributed by atoms with Gasteiger partial charge in [0.2, 0.25) is 5.91 Å². The summed E-state index contributed by atoms with van der Waals surface area (Å²) in [5, 5.41) is 14.6. The number of furan rings is 1. The van der Waals surface area contributed by atoms with Gasteiger partial charge in [-0.3, -0.25) is 14.5 Å². The van der Waals surface area contributed by atoms with Crippen LogP contribution in [-0.2, 0) is 4.79 Å². The van der Waals surface area contributed by atoms with Gasteiger partial charge >= 0.3 is 0 Å². The minimum Gasteiger partial charge on any atom is -0.497 e. The fraction of sp³-hybridized carbons (Fsp3) is 0.321. The van der Waals surface area contributed by atoms with Gasteiger partial charge < -0.3 is 14.5 Å². The van der Waals surface area contributed by atoms with E-state index in [2.05, 4.69) is 20.8 Å². The van der Waals surface area contributed by atoms with Crippen LogP contribution in [0, 0.1) is 6.92 Å². The Labute approximate surface area is 220 Å². The predicted octanol–water partition coefficient (Wildman–Crippen LogP) is 4.41. The van der Waals surface area contributed by atoms with Crippen molar-refractivity contribution in [3.63, 3.8) is 0 Å². The molecule has 1 aliphatic rings. The normalized spacial score (nSPS) is 14.6. The third kappa shape index (κ3) is 5.29. The summed E-state index contributed by atoms with van der Waals surface area (Å²) in [5.41, 5.74) is 2.78. The number of aryl methyl sites for hydroxylation is 1. The zero-order chi connectivity index (χ0) is 26.5. The van der Waals surface area contributed by atoms with Gasteiger partial charge in [-0.1, -0.05) is 31.4 Å². The molecule has 4 aromatic rings. The van der Waals surface area contributed by atoms with Crippen LogP contribution >= 0.6 is 0 Å². The van der Waals surface area contributed by atoms with E-state index < -0.39 is 11.9 Å². The van der Waals surface area contributed by atoms with Gasteiger partial charge in [-0.05, 0) is 83.8 Å². The van der Waals surface area contributed by atoms with Crippen LogP contribution in [0.1, 0.15) is 59.8 Å². The maximum absolute atomic E-state index is 14.0. The van der Waals surface area contributed by atoms with Crippen molar-refractivity contribution in [2.45, 2.75) is 51.1 Å². The molecule has 0 spiro atoms. The van der Waals surface area contributed by atoms with Crippen LogP contribution in [0.4, 0.5) is 5.69 Å². The first kappa shape index (κ1) is 25.2. The molecule has 0 radical (unpaired) electrons. The Kier molecular flexibility index (Phi) is 7.48. The number of methoxy groups -OCH3 is 1. The number of aromatic nitrogens is 4. The molecule has 5 rings (SSSR count). The van der Waals surface area contributed by atoms with Crippen molar-refractivity contribution in [3.8, 4) is 11.4 Å². The molecule has 2 heterocycles. The summed E-state index contributed by atoms with van der Waals surface area (Å²) in [7, 11) is 1.59. The topological polar surface area (TPSA) is 115 Å². The van der Waals surface area contributed by atoms with E-state index in [1.807, 2.05) is 31.2 Å². The van der Waals surface area contributed by atoms with Gasteiger partial charge in [0, 0.05) is 11.7 Å². The number of carbonyl (C=O) groups excluding carboxylic acids is 2. The Morgan fingerprint density at radius 2 is 1.89 bits per heavy atom. The monoisotopic (exact) mass is 514 g/mol. The largest absolute Gasteiger partial charge is 0.497 e. The number of ether oxygens (including phenoxy) is 1. The lowest BCUT2D eigenvalue weighted by atomic mass is 9.94. The highest BCUT2D eigenvalue weighted by Gasteiger charge is 2.36. The molecule has 1 saturated carbocycles. The highest BCUT2D eigenvalue weighted by molar-refractivity contribution is 6.08. The molecule has 2 aromatic heterocycles. The highest BCUT2D eigenvalue weighted by atomic mass is 16.5. The van der Waals surface area contributed by atoms with E-state index in [1.54, 1.807) is 42.1 Å². The summed E-state index contributed by atoms with van der Waals surface area (Å²) in [6.45, 7) is 1.90. The van der Waals surface area contributed by atoms with Crippen molar-refractivity contribution >= 4 is 17.5 Å². The minimum atomic E-state index is -0.946. The first-order valence-corrected chi connectivity index (χ1v) is 12.7. The Morgan fingerprint density at radius 3 is 2.53 bits per heavy atom. The highest BCUT2D eigenvalue weighted by Crippen LogP contribution is 2.33. The van der Waals surface area contributed by atoms with Gasteiger partial charge in [0.1, 0.15) is 18.1 Å². The van der Waals surface area contributed by atoms with Crippen LogP contribution in [0.3, 0.4) is 0 Å². The van der Waals surface area contributed by atoms with Crippen LogP contribution < -0.4 is 15.0 Å². The van der Waals surface area contributed by atoms with Crippen molar-refractivity contribution in [2.75, 3.05) is 12.0 Å². The standard InChI is InChI=1S/C28H30N6O4/c1-19-17-22(12-15-24(19)33-18-29-31-32-33)34(28(36)25-9-6-16-38-25)26(20-10-13-23(37-2)14-11-20)27(35)30-21-7-4-3-5-8-21/h6,9-18,21,26H,3-5,7-8H2,1-2H3,(H,30,35)/t26-/m1/s1. The van der Waals surface area contributed by atoms with Crippen LogP contribution in [0.2, 0.25) is 0 Å². The zero-order valence-electron chi connectivity index (χ0n) is 21.4. The van der Waals surface area contributed by atoms with Gasteiger partial charge in [-0.2, -0.15) is 0 Å². The number of benzene rings is 2. The number of rotatable bonds is 8. The second-order valence-corrected chi connectivity index (χ2v) is 9.40. The second kappa shape index (κ2) is 11.3. The summed E-state index contributed by atoms with van der Waals surface area (Å²) < 4.78 is 12.4. The summed E-state index contributed by atoms with van der Waals surface area (Å²) in [6.07, 6.45) is 8.12. The van der Waals surface area contributed by atoms with Crippen molar-refractivity contribution in [2.24, 2.45) is 0 Å². The molecule has 2 amide bonds. The van der Waals surface area contributed by atoms with Crippen molar-refractivity contribution in [1.82, 2.24) is 25.5 Å². The smallest absolute Gasteiger partial charge is 0.294 e. The average molecular weight is 515 g/mol. The fourth-order valence-corrected chi connectivity index (χ4v) is 4.95. The molecule has 1 atom stereocenters. The van der Waals surface area contributed by atoms with Crippen LogP contribution in [0.25, 0.3) is 5.69 Å². The molecule has 196 valence electrons. The molecule has 0 bridgehead atoms. The molecule has 10 nitrogen and oxygen atoms in total. The fourth-order valence-electron chi connectivity index (χ4n) is 4.95. The number of nitrogens with zero attached hydrogens (tertiary/aromatic N) is 5. The second-order valence-electron chi connectivity index (χ2n) is 9.40. The summed E-state index contributed by atoms with van der Waals surface area (Å²) >= 11 is 0. The molecule has 1 N–H and O–H groups in total. The van der Waals surface area contributed by atoms with E-state index in [9.17, 15) is 9.59 Å². The number of amides is 2. The zero-order valence-corrected chi connectivity index (χ0v) is 21.4. The Balaban J connectivity index is 1.60. The maximum atomic E-state index is 14.0. The number of hydrogen-bond donors (Lipinski definition) is 1. The predicted molar refractivity (Wildman–Crippen MR) is 140 cm³/mol. The molecular weight excluding hydrogens is 484 g/mol. The molecular formula is C28H30N6O4. The van der Waals surface area contributed by atoms with Crippen LogP contribution in [0.15, 0.2) is 71.6 Å². The van der Waals surface area contributed by atoms with E-state index in [0.29, 0.717) is 17.0 Å². The van der Waals surface area contributed by atoms with Crippen molar-refractivity contribution < 1.29 is 18.7 Å². The molecule has 2 aromatic carbocycles. The van der Waals surface area contributed by atoms with Gasteiger partial charge in [0.05, 0.1) is 19.1 Å². The van der Waals surface area contributed by atoms with Gasteiger partial charge in [0.15, 0.2) is 5.76 Å². The average Bonchev–Trinajstić information content (AvgIpc) is 3.67. The lowest BCUT2D eigenvalue weighted by Gasteiger charge is -2.33. The van der Waals surface area contributed by atoms with E-state index in [1.165, 1.54) is 23.9 Å². The summed E-state index contributed by atoms with van der Waals surface area (Å²) in [5.74, 6) is 0.121. The molecule has 10 heteroatoms. The van der Waals surface area contributed by atoms with Crippen LogP contribution in [0.5, 0.6) is 5.75 Å².